The fraction of sp³-hybridized carbons (Fsp3) is 0.412. The summed E-state index contributed by atoms with van der Waals surface area (Å²) < 4.78 is 28.2. The van der Waals surface area contributed by atoms with E-state index in [2.05, 4.69) is 6.92 Å². The number of benzene rings is 3. The lowest BCUT2D eigenvalue weighted by Crippen LogP contribution is -2.51. The van der Waals surface area contributed by atoms with Gasteiger partial charge in [-0.1, -0.05) is 80.9 Å². The predicted molar refractivity (Wildman–Crippen MR) is 166 cm³/mol. The first-order chi connectivity index (χ1) is 20.3. The van der Waals surface area contributed by atoms with Crippen LogP contribution in [0.4, 0.5) is 0 Å². The van der Waals surface area contributed by atoms with Crippen molar-refractivity contribution in [3.05, 3.63) is 102 Å². The highest BCUT2D eigenvalue weighted by Crippen LogP contribution is 2.23. The zero-order valence-corrected chi connectivity index (χ0v) is 25.6. The first-order valence-electron chi connectivity index (χ1n) is 15.1. The molecule has 3 aromatic carbocycles. The van der Waals surface area contributed by atoms with Crippen molar-refractivity contribution < 1.29 is 18.0 Å². The van der Waals surface area contributed by atoms with E-state index in [4.69, 9.17) is 0 Å². The van der Waals surface area contributed by atoms with Crippen LogP contribution in [0.5, 0.6) is 0 Å². The summed E-state index contributed by atoms with van der Waals surface area (Å²) in [6.45, 7) is 5.59. The maximum absolute atomic E-state index is 13.9. The van der Waals surface area contributed by atoms with Crippen LogP contribution in [0.15, 0.2) is 89.8 Å². The fourth-order valence-corrected chi connectivity index (χ4v) is 6.98. The molecular weight excluding hydrogens is 546 g/mol. The average Bonchev–Trinajstić information content (AvgIpc) is 3.03. The van der Waals surface area contributed by atoms with Crippen LogP contribution >= 0.6 is 0 Å². The van der Waals surface area contributed by atoms with Crippen molar-refractivity contribution in [3.8, 4) is 0 Å². The van der Waals surface area contributed by atoms with Crippen molar-refractivity contribution in [1.29, 1.82) is 0 Å². The van der Waals surface area contributed by atoms with E-state index in [9.17, 15) is 18.0 Å². The normalized spacial score (nSPS) is 14.2. The van der Waals surface area contributed by atoms with Gasteiger partial charge in [-0.15, -0.1) is 0 Å². The zero-order valence-electron chi connectivity index (χ0n) is 24.8. The van der Waals surface area contributed by atoms with E-state index in [-0.39, 0.29) is 35.8 Å². The third-order valence-electron chi connectivity index (χ3n) is 7.89. The Morgan fingerprint density at radius 3 is 2.02 bits per heavy atom. The van der Waals surface area contributed by atoms with E-state index in [0.717, 1.165) is 24.8 Å². The SMILES string of the molecule is CCCCc1ccc(C(=O)N2CCC(N(Cc3ccccc3)C(=O)CN(CCC)S(=O)(=O)c3ccccc3)CC2)cc1. The molecule has 1 fully saturated rings. The minimum atomic E-state index is -3.82. The Hall–Kier alpha value is -3.49. The Balaban J connectivity index is 1.47. The molecule has 224 valence electrons. The summed E-state index contributed by atoms with van der Waals surface area (Å²) in [7, 11) is -3.82. The van der Waals surface area contributed by atoms with Crippen molar-refractivity contribution >= 4 is 21.8 Å². The first kappa shape index (κ1) is 31.4. The Kier molecular flexibility index (Phi) is 11.3. The van der Waals surface area contributed by atoms with E-state index in [1.807, 2.05) is 71.3 Å². The minimum Gasteiger partial charge on any atom is -0.338 e. The van der Waals surface area contributed by atoms with Crippen LogP contribution in [-0.2, 0) is 27.8 Å². The van der Waals surface area contributed by atoms with E-state index in [1.165, 1.54) is 9.87 Å². The number of sulfonamides is 1. The molecule has 8 heteroatoms. The molecule has 1 heterocycles. The second-order valence-electron chi connectivity index (χ2n) is 11.0. The van der Waals surface area contributed by atoms with Crippen molar-refractivity contribution in [2.45, 2.75) is 69.9 Å². The summed E-state index contributed by atoms with van der Waals surface area (Å²) in [6, 6.07) is 25.9. The van der Waals surface area contributed by atoms with Crippen molar-refractivity contribution in [2.24, 2.45) is 0 Å². The van der Waals surface area contributed by atoms with Gasteiger partial charge in [0.2, 0.25) is 15.9 Å². The third kappa shape index (κ3) is 8.07. The molecule has 0 aromatic heterocycles. The van der Waals surface area contributed by atoms with E-state index < -0.39 is 10.0 Å². The number of piperidine rings is 1. The summed E-state index contributed by atoms with van der Waals surface area (Å²) in [5.74, 6) is -0.209. The van der Waals surface area contributed by atoms with Crippen LogP contribution in [0.3, 0.4) is 0 Å². The molecule has 0 spiro atoms. The fourth-order valence-electron chi connectivity index (χ4n) is 5.48. The summed E-state index contributed by atoms with van der Waals surface area (Å²) in [4.78, 5) is 31.0. The molecule has 0 atom stereocenters. The molecule has 0 N–H and O–H groups in total. The smallest absolute Gasteiger partial charge is 0.253 e. The molecule has 1 aliphatic rings. The number of unbranched alkanes of at least 4 members (excludes halogenated alkanes) is 1. The van der Waals surface area contributed by atoms with Crippen LogP contribution in [-0.4, -0.2) is 66.6 Å². The Bertz CT molecular complexity index is 1390. The highest BCUT2D eigenvalue weighted by atomic mass is 32.2. The van der Waals surface area contributed by atoms with Gasteiger partial charge >= 0.3 is 0 Å². The van der Waals surface area contributed by atoms with Crippen molar-refractivity contribution in [3.63, 3.8) is 0 Å². The molecule has 3 aromatic rings. The zero-order chi connectivity index (χ0) is 30.0. The molecule has 42 heavy (non-hydrogen) atoms. The standard InChI is InChI=1S/C34H43N3O4S/c1-3-5-12-28-17-19-30(20-18-28)34(39)35-24-21-31(22-25-35)37(26-29-13-8-6-9-14-29)33(38)27-36(23-4-2)42(40,41)32-15-10-7-11-16-32/h6-11,13-20,31H,3-5,12,21-27H2,1-2H3. The van der Waals surface area contributed by atoms with Gasteiger partial charge in [0.05, 0.1) is 11.4 Å². The molecule has 7 nitrogen and oxygen atoms in total. The van der Waals surface area contributed by atoms with Gasteiger partial charge < -0.3 is 9.80 Å². The molecular formula is C34H43N3O4S. The van der Waals surface area contributed by atoms with E-state index >= 15 is 0 Å². The number of nitrogens with zero attached hydrogens (tertiary/aromatic N) is 3. The maximum atomic E-state index is 13.9. The van der Waals surface area contributed by atoms with Gasteiger partial charge in [-0.25, -0.2) is 8.42 Å². The number of amides is 2. The topological polar surface area (TPSA) is 78.0 Å². The number of rotatable bonds is 13. The quantitative estimate of drug-likeness (QED) is 0.254. The van der Waals surface area contributed by atoms with Crippen molar-refractivity contribution in [2.75, 3.05) is 26.2 Å². The first-order valence-corrected chi connectivity index (χ1v) is 16.5. The summed E-state index contributed by atoms with van der Waals surface area (Å²) >= 11 is 0. The van der Waals surface area contributed by atoms with Crippen LogP contribution in [0.2, 0.25) is 0 Å². The van der Waals surface area contributed by atoms with Gasteiger partial charge in [0.25, 0.3) is 5.91 Å². The number of aryl methyl sites for hydroxylation is 1. The number of hydrogen-bond acceptors (Lipinski definition) is 4. The number of hydrogen-bond donors (Lipinski definition) is 0. The van der Waals surface area contributed by atoms with E-state index in [1.54, 1.807) is 30.3 Å². The van der Waals surface area contributed by atoms with E-state index in [0.29, 0.717) is 44.5 Å². The van der Waals surface area contributed by atoms with Crippen LogP contribution in [0.25, 0.3) is 0 Å². The van der Waals surface area contributed by atoms with Crippen LogP contribution in [0, 0.1) is 0 Å². The Labute approximate surface area is 251 Å². The second-order valence-corrected chi connectivity index (χ2v) is 12.9. The highest BCUT2D eigenvalue weighted by molar-refractivity contribution is 7.89. The Morgan fingerprint density at radius 2 is 1.43 bits per heavy atom. The second kappa shape index (κ2) is 15.1. The average molecular weight is 590 g/mol. The van der Waals surface area contributed by atoms with Gasteiger partial charge in [0.15, 0.2) is 0 Å². The van der Waals surface area contributed by atoms with Crippen LogP contribution in [0.1, 0.15) is 67.4 Å². The van der Waals surface area contributed by atoms with Gasteiger partial charge in [-0.2, -0.15) is 4.31 Å². The number of carbonyl (C=O) groups is 2. The maximum Gasteiger partial charge on any atom is 0.253 e. The monoisotopic (exact) mass is 589 g/mol. The molecule has 0 radical (unpaired) electrons. The Morgan fingerprint density at radius 1 is 0.810 bits per heavy atom. The predicted octanol–water partition coefficient (Wildman–Crippen LogP) is 5.76. The molecule has 0 bridgehead atoms. The lowest BCUT2D eigenvalue weighted by atomic mass is 10.0. The largest absolute Gasteiger partial charge is 0.338 e. The molecule has 1 aliphatic heterocycles. The molecule has 1 saturated heterocycles. The summed E-state index contributed by atoms with van der Waals surface area (Å²) in [6.07, 6.45) is 5.16. The molecule has 0 unspecified atom stereocenters. The van der Waals surface area contributed by atoms with Gasteiger partial charge in [0.1, 0.15) is 0 Å². The highest BCUT2D eigenvalue weighted by Gasteiger charge is 2.33. The summed E-state index contributed by atoms with van der Waals surface area (Å²) in [5.41, 5.74) is 2.92. The van der Waals surface area contributed by atoms with Gasteiger partial charge in [0, 0.05) is 37.8 Å². The third-order valence-corrected chi connectivity index (χ3v) is 9.75. The van der Waals surface area contributed by atoms with Gasteiger partial charge in [-0.05, 0) is 67.5 Å². The molecule has 0 saturated carbocycles. The summed E-state index contributed by atoms with van der Waals surface area (Å²) in [5, 5.41) is 0. The molecule has 0 aliphatic carbocycles. The lowest BCUT2D eigenvalue weighted by molar-refractivity contribution is -0.135. The molecule has 4 rings (SSSR count). The lowest BCUT2D eigenvalue weighted by Gasteiger charge is -2.39. The number of carbonyl (C=O) groups excluding carboxylic acids is 2. The van der Waals surface area contributed by atoms with Gasteiger partial charge in [-0.3, -0.25) is 9.59 Å². The molecule has 2 amide bonds. The van der Waals surface area contributed by atoms with Crippen molar-refractivity contribution in [1.82, 2.24) is 14.1 Å². The minimum absolute atomic E-state index is 0.0134. The van der Waals surface area contributed by atoms with Crippen LogP contribution < -0.4 is 0 Å². The number of likely N-dealkylation sites (tertiary alicyclic amines) is 1.